The molecule has 0 aliphatic rings. The number of unbranched alkanes of at least 4 members (excludes halogenated alkanes) is 3. The molecule has 0 amide bonds. The van der Waals surface area contributed by atoms with Gasteiger partial charge in [0.25, 0.3) is 0 Å². The molecule has 0 nitrogen and oxygen atoms in total. The van der Waals surface area contributed by atoms with Crippen molar-refractivity contribution in [3.05, 3.63) is 13.8 Å². The molecule has 0 N–H and O–H groups in total. The molecule has 0 aliphatic carbocycles. The van der Waals surface area contributed by atoms with Crippen molar-refractivity contribution in [3.63, 3.8) is 0 Å². The van der Waals surface area contributed by atoms with Crippen LogP contribution < -0.4 is 0 Å². The topological polar surface area (TPSA) is 0 Å². The third kappa shape index (κ3) is 32.3. The minimum Gasteiger partial charge on any atom is -0.343 e. The van der Waals surface area contributed by atoms with Gasteiger partial charge in [-0.3, -0.25) is 0 Å². The van der Waals surface area contributed by atoms with Gasteiger partial charge in [-0.05, 0) is 5.92 Å². The predicted octanol–water partition coefficient (Wildman–Crippen LogP) is 4.28. The first-order valence-corrected chi connectivity index (χ1v) is 5.27. The molecule has 0 unspecified atom stereocenters. The fraction of sp³-hybridized carbons (Fsp3) is 0.833. The van der Waals surface area contributed by atoms with Crippen molar-refractivity contribution in [3.8, 4) is 0 Å². The first kappa shape index (κ1) is 19.4. The van der Waals surface area contributed by atoms with E-state index in [2.05, 4.69) is 34.6 Å². The van der Waals surface area contributed by atoms with Gasteiger partial charge in [-0.1, -0.05) is 46.5 Å². The molecule has 0 radical (unpaired) electrons. The van der Waals surface area contributed by atoms with Crippen LogP contribution >= 0.6 is 0 Å². The average molecular weight is 195 g/mol. The van der Waals surface area contributed by atoms with Gasteiger partial charge in [0.05, 0.1) is 0 Å². The van der Waals surface area contributed by atoms with E-state index >= 15 is 0 Å². The van der Waals surface area contributed by atoms with E-state index in [0.29, 0.717) is 0 Å². The SMILES string of the molecule is [CH2-]CCC.[CH2-]CCCCC(C)C.[Mg+2]. The zero-order valence-electron chi connectivity index (χ0n) is 9.94. The molecule has 0 aromatic heterocycles. The maximum absolute atomic E-state index is 3.78. The first-order chi connectivity index (χ1) is 5.68. The zero-order valence-corrected chi connectivity index (χ0v) is 11.4. The Morgan fingerprint density at radius 1 is 1.00 bits per heavy atom. The quantitative estimate of drug-likeness (QED) is 0.348. The molecule has 0 aliphatic heterocycles. The molecule has 0 saturated carbocycles. The number of hydrogen-bond acceptors (Lipinski definition) is 0. The van der Waals surface area contributed by atoms with Crippen molar-refractivity contribution in [1.82, 2.24) is 0 Å². The monoisotopic (exact) mass is 194 g/mol. The van der Waals surface area contributed by atoms with Gasteiger partial charge in [0.15, 0.2) is 0 Å². The Balaban J connectivity index is -0.000000173. The van der Waals surface area contributed by atoms with Gasteiger partial charge in [0, 0.05) is 0 Å². The van der Waals surface area contributed by atoms with E-state index in [1.54, 1.807) is 0 Å². The average Bonchev–Trinajstić information content (AvgIpc) is 2.05. The maximum atomic E-state index is 3.78. The summed E-state index contributed by atoms with van der Waals surface area (Å²) in [6, 6.07) is 0. The van der Waals surface area contributed by atoms with Crippen LogP contribution in [0.2, 0.25) is 0 Å². The van der Waals surface area contributed by atoms with Crippen LogP contribution in [0.5, 0.6) is 0 Å². The molecule has 0 bridgehead atoms. The Morgan fingerprint density at radius 2 is 1.46 bits per heavy atom. The van der Waals surface area contributed by atoms with Crippen LogP contribution in [0.4, 0.5) is 0 Å². The Bertz CT molecular complexity index is 58.1. The van der Waals surface area contributed by atoms with Crippen LogP contribution in [0.25, 0.3) is 0 Å². The van der Waals surface area contributed by atoms with Crippen molar-refractivity contribution in [2.45, 2.75) is 59.3 Å². The second-order valence-corrected chi connectivity index (χ2v) is 3.60. The minimum atomic E-state index is 0. The largest absolute Gasteiger partial charge is 2.00 e. The summed E-state index contributed by atoms with van der Waals surface area (Å²) in [5.41, 5.74) is 0. The van der Waals surface area contributed by atoms with E-state index in [0.717, 1.165) is 18.8 Å². The van der Waals surface area contributed by atoms with E-state index in [1.165, 1.54) is 25.7 Å². The summed E-state index contributed by atoms with van der Waals surface area (Å²) in [6.45, 7) is 14.0. The standard InChI is InChI=1S/C8H17.C4H9.Mg/c1-4-5-6-7-8(2)3;1-3-4-2;/h8H,1,4-7H2,2-3H3;1,3-4H2,2H3;/q2*-1;+2. The smallest absolute Gasteiger partial charge is 0.343 e. The van der Waals surface area contributed by atoms with E-state index in [9.17, 15) is 0 Å². The maximum Gasteiger partial charge on any atom is 2.00 e. The Kier molecular flexibility index (Phi) is 27.6. The molecular weight excluding hydrogens is 168 g/mol. The summed E-state index contributed by atoms with van der Waals surface area (Å²) < 4.78 is 0. The third-order valence-electron chi connectivity index (χ3n) is 1.64. The van der Waals surface area contributed by atoms with Gasteiger partial charge in [-0.2, -0.15) is 12.8 Å². The fourth-order valence-corrected chi connectivity index (χ4v) is 0.729. The molecular formula is C12H26Mg. The molecule has 1 heteroatoms. The van der Waals surface area contributed by atoms with Crippen molar-refractivity contribution >= 4 is 23.1 Å². The molecule has 0 aromatic rings. The van der Waals surface area contributed by atoms with Gasteiger partial charge >= 0.3 is 23.1 Å². The Hall–Kier alpha value is 0.766. The summed E-state index contributed by atoms with van der Waals surface area (Å²) in [6.07, 6.45) is 7.42. The molecule has 76 valence electrons. The summed E-state index contributed by atoms with van der Waals surface area (Å²) in [7, 11) is 0. The van der Waals surface area contributed by atoms with Crippen LogP contribution in [0.15, 0.2) is 0 Å². The van der Waals surface area contributed by atoms with Crippen molar-refractivity contribution in [2.75, 3.05) is 0 Å². The zero-order chi connectivity index (χ0) is 9.82. The Labute approximate surface area is 102 Å². The van der Waals surface area contributed by atoms with E-state index in [-0.39, 0.29) is 23.1 Å². The molecule has 0 heterocycles. The summed E-state index contributed by atoms with van der Waals surface area (Å²) in [5.74, 6) is 0.876. The molecule has 13 heavy (non-hydrogen) atoms. The van der Waals surface area contributed by atoms with Crippen LogP contribution in [-0.2, 0) is 0 Å². The van der Waals surface area contributed by atoms with Crippen molar-refractivity contribution in [2.24, 2.45) is 5.92 Å². The molecule has 0 aromatic carbocycles. The molecule has 0 fully saturated rings. The summed E-state index contributed by atoms with van der Waals surface area (Å²) in [4.78, 5) is 0. The van der Waals surface area contributed by atoms with E-state index < -0.39 is 0 Å². The van der Waals surface area contributed by atoms with Gasteiger partial charge in [-0.15, -0.1) is 0 Å². The first-order valence-electron chi connectivity index (χ1n) is 5.27. The normalized spacial score (nSPS) is 8.77. The van der Waals surface area contributed by atoms with Gasteiger partial charge in [0.2, 0.25) is 0 Å². The van der Waals surface area contributed by atoms with E-state index in [4.69, 9.17) is 0 Å². The molecule has 0 rings (SSSR count). The van der Waals surface area contributed by atoms with Gasteiger partial charge < -0.3 is 13.8 Å². The summed E-state index contributed by atoms with van der Waals surface area (Å²) in [5, 5.41) is 0. The fourth-order valence-electron chi connectivity index (χ4n) is 0.729. The van der Waals surface area contributed by atoms with Crippen LogP contribution in [-0.4, -0.2) is 23.1 Å². The second kappa shape index (κ2) is 18.5. The molecule has 0 atom stereocenters. The Morgan fingerprint density at radius 3 is 1.69 bits per heavy atom. The van der Waals surface area contributed by atoms with Crippen LogP contribution in [0, 0.1) is 19.8 Å². The molecule has 0 saturated heterocycles. The van der Waals surface area contributed by atoms with Crippen molar-refractivity contribution in [1.29, 1.82) is 0 Å². The van der Waals surface area contributed by atoms with Gasteiger partial charge in [0.1, 0.15) is 0 Å². The predicted molar refractivity (Wildman–Crippen MR) is 64.7 cm³/mol. The third-order valence-corrected chi connectivity index (χ3v) is 1.64. The van der Waals surface area contributed by atoms with E-state index in [1.807, 2.05) is 0 Å². The summed E-state index contributed by atoms with van der Waals surface area (Å²) >= 11 is 0. The van der Waals surface area contributed by atoms with Gasteiger partial charge in [-0.25, -0.2) is 0 Å². The number of hydrogen-bond donors (Lipinski definition) is 0. The number of rotatable bonds is 5. The van der Waals surface area contributed by atoms with Crippen LogP contribution in [0.1, 0.15) is 59.3 Å². The van der Waals surface area contributed by atoms with Crippen LogP contribution in [0.3, 0.4) is 0 Å². The second-order valence-electron chi connectivity index (χ2n) is 3.60. The minimum absolute atomic E-state index is 0. The van der Waals surface area contributed by atoms with Crippen molar-refractivity contribution < 1.29 is 0 Å². The molecule has 0 spiro atoms.